The van der Waals surface area contributed by atoms with E-state index < -0.39 is 0 Å². The summed E-state index contributed by atoms with van der Waals surface area (Å²) in [5.74, 6) is 0. The Kier molecular flexibility index (Phi) is 2.75. The minimum absolute atomic E-state index is 1.14. The lowest BCUT2D eigenvalue weighted by molar-refractivity contribution is 1.32. The van der Waals surface area contributed by atoms with Gasteiger partial charge in [-0.3, -0.25) is 4.98 Å². The van der Waals surface area contributed by atoms with Crippen molar-refractivity contribution in [3.63, 3.8) is 0 Å². The third-order valence-corrected chi connectivity index (χ3v) is 2.85. The summed E-state index contributed by atoms with van der Waals surface area (Å²) in [5.41, 5.74) is 1.14. The maximum atomic E-state index is 4.05. The van der Waals surface area contributed by atoms with Crippen LogP contribution in [0, 0.1) is 6.92 Å². The molecule has 0 radical (unpaired) electrons. The number of rotatable bonds is 2. The second-order valence-electron chi connectivity index (χ2n) is 3.07. The van der Waals surface area contributed by atoms with E-state index in [1.165, 1.54) is 9.75 Å². The highest BCUT2D eigenvalue weighted by Crippen LogP contribution is 2.17. The maximum absolute atomic E-state index is 4.05. The molecule has 0 amide bonds. The highest BCUT2D eigenvalue weighted by Gasteiger charge is 1.90. The van der Waals surface area contributed by atoms with Crippen LogP contribution in [0.4, 0.5) is 0 Å². The van der Waals surface area contributed by atoms with E-state index in [0.29, 0.717) is 0 Å². The first-order valence-electron chi connectivity index (χ1n) is 4.49. The molecule has 2 heterocycles. The van der Waals surface area contributed by atoms with Gasteiger partial charge in [-0.25, -0.2) is 0 Å². The molecule has 2 aromatic rings. The number of nitrogens with zero attached hydrogens (tertiary/aromatic N) is 1. The lowest BCUT2D eigenvalue weighted by Gasteiger charge is -1.89. The van der Waals surface area contributed by atoms with E-state index in [4.69, 9.17) is 0 Å². The quantitative estimate of drug-likeness (QED) is 0.723. The minimum Gasteiger partial charge on any atom is -0.264 e. The summed E-state index contributed by atoms with van der Waals surface area (Å²) >= 11 is 1.80. The molecule has 0 spiro atoms. The third kappa shape index (κ3) is 2.30. The van der Waals surface area contributed by atoms with Gasteiger partial charge < -0.3 is 0 Å². The lowest BCUT2D eigenvalue weighted by atomic mass is 10.2. The van der Waals surface area contributed by atoms with Gasteiger partial charge in [0.15, 0.2) is 0 Å². The van der Waals surface area contributed by atoms with E-state index in [1.807, 2.05) is 18.3 Å². The standard InChI is InChI=1S/C12H11NS/c1-10-4-6-12(14-10)7-5-11-3-2-8-13-9-11/h2-9H,1H3/b7-5+. The molecule has 0 aliphatic rings. The first-order chi connectivity index (χ1) is 6.84. The molecular weight excluding hydrogens is 190 g/mol. The van der Waals surface area contributed by atoms with Gasteiger partial charge in [-0.1, -0.05) is 12.1 Å². The fourth-order valence-electron chi connectivity index (χ4n) is 1.20. The fourth-order valence-corrected chi connectivity index (χ4v) is 1.98. The second kappa shape index (κ2) is 4.20. The predicted molar refractivity (Wildman–Crippen MR) is 62.2 cm³/mol. The molecule has 0 N–H and O–H groups in total. The van der Waals surface area contributed by atoms with Gasteiger partial charge in [-0.05, 0) is 36.8 Å². The molecular formula is C12H11NS. The first kappa shape index (κ1) is 9.16. The van der Waals surface area contributed by atoms with Crippen molar-refractivity contribution in [2.24, 2.45) is 0 Å². The van der Waals surface area contributed by atoms with Gasteiger partial charge in [0.25, 0.3) is 0 Å². The number of aryl methyl sites for hydroxylation is 1. The number of pyridine rings is 1. The highest BCUT2D eigenvalue weighted by molar-refractivity contribution is 7.12. The van der Waals surface area contributed by atoms with Gasteiger partial charge in [0.1, 0.15) is 0 Å². The molecule has 0 aliphatic carbocycles. The third-order valence-electron chi connectivity index (χ3n) is 1.89. The van der Waals surface area contributed by atoms with E-state index in [1.54, 1.807) is 17.5 Å². The molecule has 2 rings (SSSR count). The number of hydrogen-bond acceptors (Lipinski definition) is 2. The SMILES string of the molecule is Cc1ccc(/C=C/c2cccnc2)s1. The summed E-state index contributed by atoms with van der Waals surface area (Å²) in [6, 6.07) is 8.25. The molecule has 0 saturated carbocycles. The van der Waals surface area contributed by atoms with Crippen LogP contribution < -0.4 is 0 Å². The Morgan fingerprint density at radius 2 is 2.14 bits per heavy atom. The van der Waals surface area contributed by atoms with Crippen molar-refractivity contribution in [1.82, 2.24) is 4.98 Å². The van der Waals surface area contributed by atoms with Gasteiger partial charge in [-0.15, -0.1) is 11.3 Å². The zero-order chi connectivity index (χ0) is 9.80. The molecule has 14 heavy (non-hydrogen) atoms. The van der Waals surface area contributed by atoms with E-state index >= 15 is 0 Å². The summed E-state index contributed by atoms with van der Waals surface area (Å²) in [4.78, 5) is 6.68. The molecule has 0 aliphatic heterocycles. The molecule has 0 fully saturated rings. The van der Waals surface area contributed by atoms with Gasteiger partial charge in [-0.2, -0.15) is 0 Å². The summed E-state index contributed by atoms with van der Waals surface area (Å²) < 4.78 is 0. The van der Waals surface area contributed by atoms with Crippen molar-refractivity contribution in [1.29, 1.82) is 0 Å². The first-order valence-corrected chi connectivity index (χ1v) is 5.31. The Balaban J connectivity index is 2.15. The minimum atomic E-state index is 1.14. The Bertz CT molecular complexity index is 429. The Labute approximate surface area is 87.8 Å². The van der Waals surface area contributed by atoms with Gasteiger partial charge in [0.05, 0.1) is 0 Å². The van der Waals surface area contributed by atoms with Crippen LogP contribution in [-0.4, -0.2) is 4.98 Å². The van der Waals surface area contributed by atoms with Crippen LogP contribution in [0.1, 0.15) is 15.3 Å². The van der Waals surface area contributed by atoms with E-state index in [2.05, 4.69) is 36.2 Å². The largest absolute Gasteiger partial charge is 0.264 e. The molecule has 0 atom stereocenters. The van der Waals surface area contributed by atoms with Crippen LogP contribution >= 0.6 is 11.3 Å². The Morgan fingerprint density at radius 3 is 2.79 bits per heavy atom. The zero-order valence-electron chi connectivity index (χ0n) is 7.97. The van der Waals surface area contributed by atoms with Crippen molar-refractivity contribution in [2.75, 3.05) is 0 Å². The van der Waals surface area contributed by atoms with Crippen LogP contribution in [0.3, 0.4) is 0 Å². The molecule has 1 nitrogen and oxygen atoms in total. The summed E-state index contributed by atoms with van der Waals surface area (Å²) in [6.45, 7) is 2.12. The lowest BCUT2D eigenvalue weighted by Crippen LogP contribution is -1.72. The predicted octanol–water partition coefficient (Wildman–Crippen LogP) is 3.62. The van der Waals surface area contributed by atoms with Crippen molar-refractivity contribution >= 4 is 23.5 Å². The van der Waals surface area contributed by atoms with Crippen LogP contribution in [0.5, 0.6) is 0 Å². The summed E-state index contributed by atoms with van der Waals surface area (Å²) in [5, 5.41) is 0. The maximum Gasteiger partial charge on any atom is 0.0340 e. The molecule has 0 bridgehead atoms. The highest BCUT2D eigenvalue weighted by atomic mass is 32.1. The van der Waals surface area contributed by atoms with Gasteiger partial charge in [0.2, 0.25) is 0 Å². The average Bonchev–Trinajstić information content (AvgIpc) is 2.63. The zero-order valence-corrected chi connectivity index (χ0v) is 8.79. The van der Waals surface area contributed by atoms with Crippen molar-refractivity contribution in [2.45, 2.75) is 6.92 Å². The summed E-state index contributed by atoms with van der Waals surface area (Å²) in [6.07, 6.45) is 7.84. The molecule has 70 valence electrons. The molecule has 0 unspecified atom stereocenters. The van der Waals surface area contributed by atoms with Crippen molar-refractivity contribution < 1.29 is 0 Å². The van der Waals surface area contributed by atoms with Crippen LogP contribution in [-0.2, 0) is 0 Å². The monoisotopic (exact) mass is 201 g/mol. The van der Waals surface area contributed by atoms with Crippen molar-refractivity contribution in [3.05, 3.63) is 52.0 Å². The number of hydrogen-bond donors (Lipinski definition) is 0. The van der Waals surface area contributed by atoms with Crippen LogP contribution in [0.25, 0.3) is 12.2 Å². The molecule has 2 heteroatoms. The van der Waals surface area contributed by atoms with E-state index in [-0.39, 0.29) is 0 Å². The summed E-state index contributed by atoms with van der Waals surface area (Å²) in [7, 11) is 0. The Hall–Kier alpha value is -1.41. The molecule has 2 aromatic heterocycles. The Morgan fingerprint density at radius 1 is 1.21 bits per heavy atom. The average molecular weight is 201 g/mol. The molecule has 0 saturated heterocycles. The smallest absolute Gasteiger partial charge is 0.0340 e. The molecule has 0 aromatic carbocycles. The fraction of sp³-hybridized carbons (Fsp3) is 0.0833. The normalized spacial score (nSPS) is 10.9. The van der Waals surface area contributed by atoms with E-state index in [9.17, 15) is 0 Å². The second-order valence-corrected chi connectivity index (χ2v) is 4.39. The van der Waals surface area contributed by atoms with Crippen molar-refractivity contribution in [3.8, 4) is 0 Å². The van der Waals surface area contributed by atoms with Crippen LogP contribution in [0.2, 0.25) is 0 Å². The van der Waals surface area contributed by atoms with Gasteiger partial charge >= 0.3 is 0 Å². The van der Waals surface area contributed by atoms with Gasteiger partial charge in [0, 0.05) is 22.1 Å². The number of thiophene rings is 1. The number of aromatic nitrogens is 1. The topological polar surface area (TPSA) is 12.9 Å². The van der Waals surface area contributed by atoms with E-state index in [0.717, 1.165) is 5.56 Å². The van der Waals surface area contributed by atoms with Crippen LogP contribution in [0.15, 0.2) is 36.7 Å².